The fourth-order valence-corrected chi connectivity index (χ4v) is 2.55. The number of amides is 1. The zero-order chi connectivity index (χ0) is 17.0. The average Bonchev–Trinajstić information content (AvgIpc) is 2.74. The molecule has 0 atom stereocenters. The van der Waals surface area contributed by atoms with Crippen molar-refractivity contribution in [2.75, 3.05) is 13.2 Å². The SMILES string of the molecule is CCCN1C(=O)C(=Cc2ccc(OCC(=O)[O-])c(Cl)c2)NC1=S. The van der Waals surface area contributed by atoms with E-state index in [2.05, 4.69) is 5.32 Å². The third-order valence-electron chi connectivity index (χ3n) is 3.02. The molecule has 0 unspecified atom stereocenters. The first-order valence-electron chi connectivity index (χ1n) is 6.89. The Morgan fingerprint density at radius 2 is 2.26 bits per heavy atom. The maximum atomic E-state index is 12.2. The highest BCUT2D eigenvalue weighted by Crippen LogP contribution is 2.26. The van der Waals surface area contributed by atoms with Crippen molar-refractivity contribution < 1.29 is 19.4 Å². The lowest BCUT2D eigenvalue weighted by atomic mass is 10.2. The van der Waals surface area contributed by atoms with Crippen LogP contribution in [0.15, 0.2) is 23.9 Å². The number of nitrogens with one attached hydrogen (secondary N) is 1. The van der Waals surface area contributed by atoms with Crippen molar-refractivity contribution in [3.8, 4) is 5.75 Å². The predicted octanol–water partition coefficient (Wildman–Crippen LogP) is 0.936. The van der Waals surface area contributed by atoms with Crippen molar-refractivity contribution >= 4 is 46.9 Å². The summed E-state index contributed by atoms with van der Waals surface area (Å²) in [5.74, 6) is -1.30. The molecule has 1 saturated heterocycles. The maximum absolute atomic E-state index is 12.2. The molecule has 1 aliphatic rings. The van der Waals surface area contributed by atoms with Gasteiger partial charge in [-0.25, -0.2) is 0 Å². The van der Waals surface area contributed by atoms with Crippen LogP contribution in [0.4, 0.5) is 0 Å². The van der Waals surface area contributed by atoms with Crippen LogP contribution in [0.5, 0.6) is 5.75 Å². The smallest absolute Gasteiger partial charge is 0.276 e. The van der Waals surface area contributed by atoms with Crippen molar-refractivity contribution in [1.82, 2.24) is 10.2 Å². The molecule has 1 aromatic carbocycles. The van der Waals surface area contributed by atoms with Crippen LogP contribution in [0, 0.1) is 0 Å². The Labute approximate surface area is 143 Å². The largest absolute Gasteiger partial charge is 0.546 e. The minimum absolute atomic E-state index is 0.190. The van der Waals surface area contributed by atoms with Gasteiger partial charge in [0.15, 0.2) is 5.11 Å². The quantitative estimate of drug-likeness (QED) is 0.605. The molecule has 1 fully saturated rings. The molecule has 1 amide bonds. The number of ether oxygens (including phenoxy) is 1. The Hall–Kier alpha value is -2.12. The van der Waals surface area contributed by atoms with Crippen molar-refractivity contribution in [2.45, 2.75) is 13.3 Å². The van der Waals surface area contributed by atoms with Crippen molar-refractivity contribution in [3.05, 3.63) is 34.5 Å². The molecule has 0 aliphatic carbocycles. The topological polar surface area (TPSA) is 81.7 Å². The molecular weight excluding hydrogens is 340 g/mol. The molecule has 8 heteroatoms. The average molecular weight is 354 g/mol. The molecule has 1 heterocycles. The van der Waals surface area contributed by atoms with Crippen LogP contribution >= 0.6 is 23.8 Å². The second kappa shape index (κ2) is 7.43. The molecule has 0 radical (unpaired) electrons. The number of hydrogen-bond acceptors (Lipinski definition) is 5. The number of benzene rings is 1. The van der Waals surface area contributed by atoms with Crippen LogP contribution in [0.3, 0.4) is 0 Å². The van der Waals surface area contributed by atoms with Gasteiger partial charge < -0.3 is 20.0 Å². The summed E-state index contributed by atoms with van der Waals surface area (Å²) < 4.78 is 4.98. The van der Waals surface area contributed by atoms with E-state index in [4.69, 9.17) is 28.6 Å². The number of halogens is 1. The Morgan fingerprint density at radius 3 is 2.87 bits per heavy atom. The van der Waals surface area contributed by atoms with Crippen LogP contribution in [0.1, 0.15) is 18.9 Å². The highest BCUT2D eigenvalue weighted by Gasteiger charge is 2.29. The molecule has 122 valence electrons. The number of nitrogens with zero attached hydrogens (tertiary/aromatic N) is 1. The van der Waals surface area contributed by atoms with Gasteiger partial charge in [-0.1, -0.05) is 24.6 Å². The van der Waals surface area contributed by atoms with Gasteiger partial charge in [0.05, 0.1) is 11.0 Å². The van der Waals surface area contributed by atoms with Crippen molar-refractivity contribution in [1.29, 1.82) is 0 Å². The van der Waals surface area contributed by atoms with Gasteiger partial charge in [0.2, 0.25) is 0 Å². The molecule has 0 bridgehead atoms. The minimum Gasteiger partial charge on any atom is -0.546 e. The lowest BCUT2D eigenvalue weighted by Crippen LogP contribution is -2.31. The van der Waals surface area contributed by atoms with E-state index in [1.54, 1.807) is 18.2 Å². The van der Waals surface area contributed by atoms with E-state index in [1.165, 1.54) is 11.0 Å². The van der Waals surface area contributed by atoms with Gasteiger partial charge in [0.25, 0.3) is 5.91 Å². The molecule has 2 rings (SSSR count). The summed E-state index contributed by atoms with van der Waals surface area (Å²) in [6, 6.07) is 4.75. The Balaban J connectivity index is 2.17. The number of carboxylic acids is 1. The van der Waals surface area contributed by atoms with E-state index < -0.39 is 12.6 Å². The summed E-state index contributed by atoms with van der Waals surface area (Å²) in [4.78, 5) is 24.1. The lowest BCUT2D eigenvalue weighted by Gasteiger charge is -2.11. The third-order valence-corrected chi connectivity index (χ3v) is 3.64. The van der Waals surface area contributed by atoms with E-state index in [-0.39, 0.29) is 16.7 Å². The first kappa shape index (κ1) is 17.2. The molecule has 1 aliphatic heterocycles. The summed E-state index contributed by atoms with van der Waals surface area (Å²) in [5.41, 5.74) is 1.02. The maximum Gasteiger partial charge on any atom is 0.276 e. The summed E-state index contributed by atoms with van der Waals surface area (Å²) in [7, 11) is 0. The van der Waals surface area contributed by atoms with Gasteiger partial charge in [-0.05, 0) is 42.4 Å². The highest BCUT2D eigenvalue weighted by atomic mass is 35.5. The zero-order valence-electron chi connectivity index (χ0n) is 12.3. The number of carboxylic acid groups (broad SMARTS) is 1. The van der Waals surface area contributed by atoms with Crippen LogP contribution in [-0.2, 0) is 9.59 Å². The Bertz CT molecular complexity index is 690. The normalized spacial score (nSPS) is 15.9. The van der Waals surface area contributed by atoms with E-state index in [9.17, 15) is 14.7 Å². The number of carbonyl (C=O) groups is 2. The summed E-state index contributed by atoms with van der Waals surface area (Å²) in [5, 5.41) is 13.9. The fourth-order valence-electron chi connectivity index (χ4n) is 2.03. The zero-order valence-corrected chi connectivity index (χ0v) is 13.9. The highest BCUT2D eigenvalue weighted by molar-refractivity contribution is 7.80. The second-order valence-corrected chi connectivity index (χ2v) is 5.59. The molecule has 1 aromatic rings. The van der Waals surface area contributed by atoms with Crippen LogP contribution in [0.2, 0.25) is 5.02 Å². The molecule has 1 N–H and O–H groups in total. The molecule has 0 saturated carbocycles. The van der Waals surface area contributed by atoms with Crippen LogP contribution in [-0.4, -0.2) is 35.0 Å². The first-order valence-corrected chi connectivity index (χ1v) is 7.67. The third kappa shape index (κ3) is 4.20. The van der Waals surface area contributed by atoms with E-state index in [0.29, 0.717) is 22.9 Å². The number of rotatable bonds is 6. The van der Waals surface area contributed by atoms with Gasteiger partial charge in [0.1, 0.15) is 18.1 Å². The molecule has 23 heavy (non-hydrogen) atoms. The minimum atomic E-state index is -1.34. The van der Waals surface area contributed by atoms with Crippen LogP contribution in [0.25, 0.3) is 6.08 Å². The summed E-state index contributed by atoms with van der Waals surface area (Å²) >= 11 is 11.2. The Kier molecular flexibility index (Phi) is 5.57. The molecule has 0 aromatic heterocycles. The van der Waals surface area contributed by atoms with Crippen molar-refractivity contribution in [2.24, 2.45) is 0 Å². The van der Waals surface area contributed by atoms with E-state index in [0.717, 1.165) is 6.42 Å². The lowest BCUT2D eigenvalue weighted by molar-refractivity contribution is -0.307. The number of carbonyl (C=O) groups excluding carboxylic acids is 2. The van der Waals surface area contributed by atoms with Crippen LogP contribution < -0.4 is 15.2 Å². The number of hydrogen-bond donors (Lipinski definition) is 1. The monoisotopic (exact) mass is 353 g/mol. The van der Waals surface area contributed by atoms with Gasteiger partial charge in [0, 0.05) is 6.54 Å². The first-order chi connectivity index (χ1) is 10.9. The molecular formula is C15H14ClN2O4S-. The summed E-state index contributed by atoms with van der Waals surface area (Å²) in [6.45, 7) is 1.93. The predicted molar refractivity (Wildman–Crippen MR) is 87.7 cm³/mol. The second-order valence-electron chi connectivity index (χ2n) is 4.80. The van der Waals surface area contributed by atoms with Gasteiger partial charge in [-0.2, -0.15) is 0 Å². The Morgan fingerprint density at radius 1 is 1.52 bits per heavy atom. The number of aliphatic carboxylic acids is 1. The van der Waals surface area contributed by atoms with Gasteiger partial charge in [-0.15, -0.1) is 0 Å². The standard InChI is InChI=1S/C15H15ClN2O4S/c1-2-5-18-14(21)11(17-15(18)23)7-9-3-4-12(10(16)6-9)22-8-13(19)20/h3-4,6-7H,2,5,8H2,1H3,(H,17,23)(H,19,20)/p-1. The summed E-state index contributed by atoms with van der Waals surface area (Å²) in [6.07, 6.45) is 2.43. The molecule has 0 spiro atoms. The van der Waals surface area contributed by atoms with E-state index >= 15 is 0 Å². The van der Waals surface area contributed by atoms with Gasteiger partial charge >= 0.3 is 0 Å². The van der Waals surface area contributed by atoms with E-state index in [1.807, 2.05) is 6.92 Å². The van der Waals surface area contributed by atoms with Crippen molar-refractivity contribution in [3.63, 3.8) is 0 Å². The molecule has 6 nitrogen and oxygen atoms in total. The van der Waals surface area contributed by atoms with Gasteiger partial charge in [-0.3, -0.25) is 9.69 Å². The fraction of sp³-hybridized carbons (Fsp3) is 0.267. The number of thiocarbonyl (C=S) groups is 1.